The Morgan fingerprint density at radius 2 is 1.96 bits per heavy atom. The van der Waals surface area contributed by atoms with Gasteiger partial charge in [0.2, 0.25) is 10.0 Å². The van der Waals surface area contributed by atoms with Crippen molar-refractivity contribution in [2.45, 2.75) is 36.9 Å². The van der Waals surface area contributed by atoms with Gasteiger partial charge in [-0.3, -0.25) is 4.90 Å². The Balaban J connectivity index is 1.72. The Hall–Kier alpha value is -2.29. The number of halogens is 1. The van der Waals surface area contributed by atoms with Crippen LogP contribution in [0, 0.1) is 5.82 Å². The lowest BCUT2D eigenvalue weighted by Crippen LogP contribution is -2.43. The highest BCUT2D eigenvalue weighted by Gasteiger charge is 2.34. The molecule has 27 heavy (non-hydrogen) atoms. The minimum absolute atomic E-state index is 0.0543. The average molecular weight is 392 g/mol. The monoisotopic (exact) mass is 392 g/mol. The van der Waals surface area contributed by atoms with E-state index in [4.69, 9.17) is 5.11 Å². The van der Waals surface area contributed by atoms with Gasteiger partial charge in [-0.15, -0.1) is 0 Å². The quantitative estimate of drug-likeness (QED) is 0.789. The van der Waals surface area contributed by atoms with E-state index in [1.807, 2.05) is 37.3 Å². The summed E-state index contributed by atoms with van der Waals surface area (Å²) < 4.78 is 41.9. The van der Waals surface area contributed by atoms with Crippen LogP contribution in [0.25, 0.3) is 0 Å². The molecule has 1 aliphatic rings. The molecule has 0 amide bonds. The van der Waals surface area contributed by atoms with Crippen molar-refractivity contribution in [3.05, 3.63) is 65.5 Å². The van der Waals surface area contributed by atoms with Gasteiger partial charge in [0.05, 0.1) is 5.56 Å². The molecule has 1 aliphatic heterocycles. The summed E-state index contributed by atoms with van der Waals surface area (Å²) in [5.41, 5.74) is 0.845. The molecule has 0 bridgehead atoms. The van der Waals surface area contributed by atoms with Crippen LogP contribution in [0.2, 0.25) is 0 Å². The van der Waals surface area contributed by atoms with E-state index < -0.39 is 26.7 Å². The van der Waals surface area contributed by atoms with E-state index in [2.05, 4.69) is 9.62 Å². The molecular weight excluding hydrogens is 371 g/mol. The zero-order valence-corrected chi connectivity index (χ0v) is 15.6. The van der Waals surface area contributed by atoms with Gasteiger partial charge in [-0.2, -0.15) is 0 Å². The zero-order valence-electron chi connectivity index (χ0n) is 14.8. The Bertz CT molecular complexity index is 934. The molecule has 8 heteroatoms. The minimum Gasteiger partial charge on any atom is -0.478 e. The summed E-state index contributed by atoms with van der Waals surface area (Å²) in [6.07, 6.45) is 0.613. The van der Waals surface area contributed by atoms with Gasteiger partial charge in [0.25, 0.3) is 0 Å². The molecule has 2 atom stereocenters. The van der Waals surface area contributed by atoms with Crippen LogP contribution >= 0.6 is 0 Å². The van der Waals surface area contributed by atoms with Gasteiger partial charge in [-0.25, -0.2) is 22.3 Å². The molecule has 0 saturated carbocycles. The van der Waals surface area contributed by atoms with E-state index in [-0.39, 0.29) is 17.6 Å². The maximum absolute atomic E-state index is 14.1. The predicted octanol–water partition coefficient (Wildman–Crippen LogP) is 2.47. The Kier molecular flexibility index (Phi) is 5.59. The number of aromatic carboxylic acids is 1. The third kappa shape index (κ3) is 4.35. The largest absolute Gasteiger partial charge is 0.478 e. The molecule has 2 N–H and O–H groups in total. The standard InChI is InChI=1S/C19H21FN2O4S/c1-13-17(9-10-22(13)12-14-5-3-2-4-6-14)21-27(25,26)18-8-7-15(19(23)24)11-16(18)20/h2-8,11,13,17,21H,9-10,12H2,1H3,(H,23,24). The molecule has 1 heterocycles. The highest BCUT2D eigenvalue weighted by Crippen LogP contribution is 2.23. The number of likely N-dealkylation sites (tertiary alicyclic amines) is 1. The van der Waals surface area contributed by atoms with Crippen LogP contribution in [0.4, 0.5) is 4.39 Å². The van der Waals surface area contributed by atoms with E-state index in [1.165, 1.54) is 0 Å². The first-order chi connectivity index (χ1) is 12.8. The summed E-state index contributed by atoms with van der Waals surface area (Å²) in [6.45, 7) is 3.37. The lowest BCUT2D eigenvalue weighted by molar-refractivity contribution is 0.0696. The second-order valence-corrected chi connectivity index (χ2v) is 8.35. The van der Waals surface area contributed by atoms with Gasteiger partial charge < -0.3 is 5.11 Å². The Morgan fingerprint density at radius 3 is 2.59 bits per heavy atom. The number of carboxylic acids is 1. The van der Waals surface area contributed by atoms with Gasteiger partial charge >= 0.3 is 5.97 Å². The first-order valence-corrected chi connectivity index (χ1v) is 10.1. The van der Waals surface area contributed by atoms with Crippen molar-refractivity contribution in [1.82, 2.24) is 9.62 Å². The molecular formula is C19H21FN2O4S. The number of nitrogens with one attached hydrogen (secondary N) is 1. The summed E-state index contributed by atoms with van der Waals surface area (Å²) >= 11 is 0. The van der Waals surface area contributed by atoms with Crippen molar-refractivity contribution in [1.29, 1.82) is 0 Å². The topological polar surface area (TPSA) is 86.7 Å². The molecule has 2 unspecified atom stereocenters. The molecule has 0 spiro atoms. The highest BCUT2D eigenvalue weighted by atomic mass is 32.2. The second-order valence-electron chi connectivity index (χ2n) is 6.66. The van der Waals surface area contributed by atoms with E-state index >= 15 is 0 Å². The maximum Gasteiger partial charge on any atom is 0.335 e. The van der Waals surface area contributed by atoms with Crippen molar-refractivity contribution < 1.29 is 22.7 Å². The summed E-state index contributed by atoms with van der Waals surface area (Å²) in [5.74, 6) is -2.39. The minimum atomic E-state index is -4.09. The van der Waals surface area contributed by atoms with Gasteiger partial charge in [-0.05, 0) is 37.1 Å². The lowest BCUT2D eigenvalue weighted by atomic mass is 10.1. The number of carboxylic acid groups (broad SMARTS) is 1. The van der Waals surface area contributed by atoms with Crippen LogP contribution in [-0.2, 0) is 16.6 Å². The van der Waals surface area contributed by atoms with E-state index in [9.17, 15) is 17.6 Å². The fourth-order valence-corrected chi connectivity index (χ4v) is 4.72. The molecule has 0 aliphatic carbocycles. The smallest absolute Gasteiger partial charge is 0.335 e. The molecule has 1 fully saturated rings. The lowest BCUT2D eigenvalue weighted by Gasteiger charge is -2.25. The SMILES string of the molecule is CC1C(NS(=O)(=O)c2ccc(C(=O)O)cc2F)CCN1Cc1ccccc1. The van der Waals surface area contributed by atoms with Crippen LogP contribution in [0.5, 0.6) is 0 Å². The molecule has 3 rings (SSSR count). The van der Waals surface area contributed by atoms with E-state index in [0.717, 1.165) is 30.3 Å². The molecule has 144 valence electrons. The van der Waals surface area contributed by atoms with Crippen molar-refractivity contribution in [2.75, 3.05) is 6.54 Å². The molecule has 2 aromatic carbocycles. The first-order valence-electron chi connectivity index (χ1n) is 8.61. The van der Waals surface area contributed by atoms with Crippen LogP contribution < -0.4 is 4.72 Å². The summed E-state index contributed by atoms with van der Waals surface area (Å²) in [6, 6.07) is 12.3. The van der Waals surface area contributed by atoms with Gasteiger partial charge in [0, 0.05) is 25.2 Å². The Labute approximate surface area is 157 Å². The number of rotatable bonds is 6. The molecule has 0 aromatic heterocycles. The van der Waals surface area contributed by atoms with Gasteiger partial charge in [0.15, 0.2) is 0 Å². The number of hydrogen-bond donors (Lipinski definition) is 2. The number of sulfonamides is 1. The average Bonchev–Trinajstić information content (AvgIpc) is 2.95. The van der Waals surface area contributed by atoms with Crippen molar-refractivity contribution in [2.24, 2.45) is 0 Å². The number of hydrogen-bond acceptors (Lipinski definition) is 4. The molecule has 2 aromatic rings. The molecule has 6 nitrogen and oxygen atoms in total. The van der Waals surface area contributed by atoms with Crippen molar-refractivity contribution in [3.63, 3.8) is 0 Å². The number of nitrogens with zero attached hydrogens (tertiary/aromatic N) is 1. The summed E-state index contributed by atoms with van der Waals surface area (Å²) in [7, 11) is -4.09. The fourth-order valence-electron chi connectivity index (χ4n) is 3.32. The summed E-state index contributed by atoms with van der Waals surface area (Å²) in [5, 5.41) is 8.88. The fraction of sp³-hybridized carbons (Fsp3) is 0.316. The second kappa shape index (κ2) is 7.75. The normalized spacial score (nSPS) is 20.7. The van der Waals surface area contributed by atoms with Crippen LogP contribution in [0.15, 0.2) is 53.4 Å². The van der Waals surface area contributed by atoms with Gasteiger partial charge in [0.1, 0.15) is 10.7 Å². The van der Waals surface area contributed by atoms with Crippen molar-refractivity contribution in [3.8, 4) is 0 Å². The number of carbonyl (C=O) groups is 1. The molecule has 1 saturated heterocycles. The zero-order chi connectivity index (χ0) is 19.6. The van der Waals surface area contributed by atoms with E-state index in [0.29, 0.717) is 13.0 Å². The van der Waals surface area contributed by atoms with E-state index in [1.54, 1.807) is 0 Å². The maximum atomic E-state index is 14.1. The molecule has 0 radical (unpaired) electrons. The van der Waals surface area contributed by atoms with Crippen molar-refractivity contribution >= 4 is 16.0 Å². The predicted molar refractivity (Wildman–Crippen MR) is 98.4 cm³/mol. The van der Waals surface area contributed by atoms with Crippen LogP contribution in [-0.4, -0.2) is 43.0 Å². The van der Waals surface area contributed by atoms with Crippen LogP contribution in [0.3, 0.4) is 0 Å². The van der Waals surface area contributed by atoms with Crippen LogP contribution in [0.1, 0.15) is 29.3 Å². The number of benzene rings is 2. The van der Waals surface area contributed by atoms with Gasteiger partial charge in [-0.1, -0.05) is 30.3 Å². The first kappa shape index (κ1) is 19.5. The Morgan fingerprint density at radius 1 is 1.26 bits per heavy atom. The highest BCUT2D eigenvalue weighted by molar-refractivity contribution is 7.89. The third-order valence-electron chi connectivity index (χ3n) is 4.89. The third-order valence-corrected chi connectivity index (χ3v) is 6.41. The summed E-state index contributed by atoms with van der Waals surface area (Å²) in [4.78, 5) is 12.5.